The van der Waals surface area contributed by atoms with Crippen LogP contribution in [0, 0.1) is 6.92 Å². The number of rotatable bonds is 3. The monoisotopic (exact) mass is 335 g/mol. The summed E-state index contributed by atoms with van der Waals surface area (Å²) in [5.74, 6) is 0.446. The molecule has 1 fully saturated rings. The van der Waals surface area contributed by atoms with Crippen LogP contribution in [0.2, 0.25) is 0 Å². The van der Waals surface area contributed by atoms with Gasteiger partial charge in [0.1, 0.15) is 10.6 Å². The highest BCUT2D eigenvalue weighted by molar-refractivity contribution is 7.91. The highest BCUT2D eigenvalue weighted by atomic mass is 32.2. The van der Waals surface area contributed by atoms with Gasteiger partial charge in [-0.05, 0) is 27.2 Å². The molecule has 9 heteroatoms. The van der Waals surface area contributed by atoms with E-state index in [4.69, 9.17) is 5.73 Å². The minimum Gasteiger partial charge on any atom is -0.384 e. The highest BCUT2D eigenvalue weighted by Crippen LogP contribution is 2.35. The van der Waals surface area contributed by atoms with Gasteiger partial charge in [0, 0.05) is 11.8 Å². The summed E-state index contributed by atoms with van der Waals surface area (Å²) in [6, 6.07) is -0.321. The van der Waals surface area contributed by atoms with Crippen molar-refractivity contribution < 1.29 is 16.8 Å². The smallest absolute Gasteiger partial charge is 0.158 e. The topological polar surface area (TPSA) is 112 Å². The van der Waals surface area contributed by atoms with Gasteiger partial charge in [0.2, 0.25) is 0 Å². The summed E-state index contributed by atoms with van der Waals surface area (Å²) < 4.78 is 47.4. The first kappa shape index (κ1) is 16.3. The molecular formula is C12H21N3O4S2. The van der Waals surface area contributed by atoms with Crippen molar-refractivity contribution in [2.45, 2.75) is 38.0 Å². The van der Waals surface area contributed by atoms with Crippen LogP contribution in [-0.4, -0.2) is 44.4 Å². The lowest BCUT2D eigenvalue weighted by Gasteiger charge is -2.21. The average Bonchev–Trinajstić information content (AvgIpc) is 2.80. The maximum Gasteiger partial charge on any atom is 0.158 e. The number of hydrogen-bond donors (Lipinski definition) is 1. The molecule has 0 spiro atoms. The predicted octanol–water partition coefficient (Wildman–Crippen LogP) is 0.413. The van der Waals surface area contributed by atoms with Crippen LogP contribution in [0.5, 0.6) is 0 Å². The number of nitrogen functional groups attached to an aromatic ring is 1. The van der Waals surface area contributed by atoms with Crippen molar-refractivity contribution in [2.75, 3.05) is 23.5 Å². The van der Waals surface area contributed by atoms with Gasteiger partial charge >= 0.3 is 0 Å². The molecule has 21 heavy (non-hydrogen) atoms. The maximum absolute atomic E-state index is 12.0. The molecule has 1 aliphatic rings. The Morgan fingerprint density at radius 3 is 2.38 bits per heavy atom. The Kier molecular flexibility index (Phi) is 3.65. The molecule has 2 rings (SSSR count). The quantitative estimate of drug-likeness (QED) is 0.856. The van der Waals surface area contributed by atoms with Crippen LogP contribution in [0.3, 0.4) is 0 Å². The van der Waals surface area contributed by atoms with Crippen LogP contribution in [0.1, 0.15) is 37.6 Å². The second-order valence-electron chi connectivity index (χ2n) is 6.14. The van der Waals surface area contributed by atoms with E-state index in [1.54, 1.807) is 20.8 Å². The molecule has 1 aromatic rings. The molecule has 1 atom stereocenters. The lowest BCUT2D eigenvalue weighted by Crippen LogP contribution is -2.29. The van der Waals surface area contributed by atoms with Gasteiger partial charge < -0.3 is 5.73 Å². The number of nitrogens with zero attached hydrogens (tertiary/aromatic N) is 2. The van der Waals surface area contributed by atoms with Crippen LogP contribution in [0.15, 0.2) is 0 Å². The molecule has 2 heterocycles. The van der Waals surface area contributed by atoms with Crippen molar-refractivity contribution in [3.8, 4) is 0 Å². The SMILES string of the molecule is Cc1c(C(C)(C)S(C)(=O)=O)nn(C2CCS(=O)(=O)C2)c1N. The Morgan fingerprint density at radius 1 is 1.38 bits per heavy atom. The summed E-state index contributed by atoms with van der Waals surface area (Å²) in [4.78, 5) is 0. The van der Waals surface area contributed by atoms with E-state index in [9.17, 15) is 16.8 Å². The molecule has 0 saturated carbocycles. The third-order valence-corrected chi connectivity index (χ3v) is 8.04. The van der Waals surface area contributed by atoms with Gasteiger partial charge in [0.25, 0.3) is 0 Å². The Hall–Kier alpha value is -1.09. The fourth-order valence-electron chi connectivity index (χ4n) is 2.52. The van der Waals surface area contributed by atoms with Crippen LogP contribution in [0.25, 0.3) is 0 Å². The van der Waals surface area contributed by atoms with Gasteiger partial charge in [-0.25, -0.2) is 21.5 Å². The highest BCUT2D eigenvalue weighted by Gasteiger charge is 2.39. The summed E-state index contributed by atoms with van der Waals surface area (Å²) in [6.45, 7) is 4.87. The van der Waals surface area contributed by atoms with Gasteiger partial charge in [0.05, 0.1) is 23.2 Å². The molecule has 0 aromatic carbocycles. The van der Waals surface area contributed by atoms with Gasteiger partial charge in [0.15, 0.2) is 19.7 Å². The lowest BCUT2D eigenvalue weighted by molar-refractivity contribution is 0.490. The van der Waals surface area contributed by atoms with Crippen LogP contribution in [0.4, 0.5) is 5.82 Å². The Bertz CT molecular complexity index is 776. The second kappa shape index (κ2) is 4.70. The van der Waals surface area contributed by atoms with Gasteiger partial charge in [-0.3, -0.25) is 0 Å². The Morgan fingerprint density at radius 2 is 1.95 bits per heavy atom. The average molecular weight is 335 g/mol. The number of nitrogens with two attached hydrogens (primary N) is 1. The predicted molar refractivity (Wildman–Crippen MR) is 81.6 cm³/mol. The molecular weight excluding hydrogens is 314 g/mol. The van der Waals surface area contributed by atoms with Crippen molar-refractivity contribution in [1.29, 1.82) is 0 Å². The first-order chi connectivity index (χ1) is 9.37. The van der Waals surface area contributed by atoms with Gasteiger partial charge in [-0.1, -0.05) is 0 Å². The summed E-state index contributed by atoms with van der Waals surface area (Å²) in [6.07, 6.45) is 1.61. The van der Waals surface area contributed by atoms with Crippen LogP contribution >= 0.6 is 0 Å². The molecule has 0 bridgehead atoms. The molecule has 0 aliphatic carbocycles. The molecule has 7 nitrogen and oxygen atoms in total. The molecule has 1 aliphatic heterocycles. The Balaban J connectivity index is 2.53. The standard InChI is InChI=1S/C12H21N3O4S2/c1-8-10(12(2,3)20(4,16)17)14-15(11(8)13)9-5-6-21(18,19)7-9/h9H,5-7,13H2,1-4H3. The summed E-state index contributed by atoms with van der Waals surface area (Å²) in [5, 5.41) is 4.34. The summed E-state index contributed by atoms with van der Waals surface area (Å²) in [7, 11) is -6.44. The van der Waals surface area contributed by atoms with Crippen molar-refractivity contribution in [2.24, 2.45) is 0 Å². The molecule has 1 aromatic heterocycles. The van der Waals surface area contributed by atoms with Crippen molar-refractivity contribution >= 4 is 25.5 Å². The van der Waals surface area contributed by atoms with E-state index in [1.165, 1.54) is 4.68 Å². The fourth-order valence-corrected chi connectivity index (χ4v) is 4.76. The zero-order chi connectivity index (χ0) is 16.2. The van der Waals surface area contributed by atoms with E-state index in [0.717, 1.165) is 6.26 Å². The number of sulfone groups is 2. The zero-order valence-electron chi connectivity index (χ0n) is 12.6. The van der Waals surface area contributed by atoms with E-state index < -0.39 is 24.4 Å². The second-order valence-corrected chi connectivity index (χ2v) is 10.9. The minimum absolute atomic E-state index is 0.00291. The van der Waals surface area contributed by atoms with E-state index in [2.05, 4.69) is 5.10 Å². The number of aromatic nitrogens is 2. The maximum atomic E-state index is 12.0. The summed E-state index contributed by atoms with van der Waals surface area (Å²) in [5.41, 5.74) is 7.00. The van der Waals surface area contributed by atoms with Crippen molar-refractivity contribution in [3.05, 3.63) is 11.3 Å². The zero-order valence-corrected chi connectivity index (χ0v) is 14.3. The van der Waals surface area contributed by atoms with Crippen LogP contribution < -0.4 is 5.73 Å². The fraction of sp³-hybridized carbons (Fsp3) is 0.750. The van der Waals surface area contributed by atoms with E-state index in [-0.39, 0.29) is 17.5 Å². The van der Waals surface area contributed by atoms with Crippen LogP contribution in [-0.2, 0) is 24.4 Å². The van der Waals surface area contributed by atoms with E-state index in [1.807, 2.05) is 0 Å². The minimum atomic E-state index is -3.38. The molecule has 0 amide bonds. The molecule has 0 radical (unpaired) electrons. The first-order valence-corrected chi connectivity index (χ1v) is 10.3. The van der Waals surface area contributed by atoms with Crippen molar-refractivity contribution in [3.63, 3.8) is 0 Å². The number of anilines is 1. The van der Waals surface area contributed by atoms with Gasteiger partial charge in [-0.15, -0.1) is 0 Å². The van der Waals surface area contributed by atoms with E-state index >= 15 is 0 Å². The normalized spacial score (nSPS) is 22.6. The lowest BCUT2D eigenvalue weighted by atomic mass is 10.1. The molecule has 1 saturated heterocycles. The molecule has 1 unspecified atom stereocenters. The van der Waals surface area contributed by atoms with E-state index in [0.29, 0.717) is 23.5 Å². The molecule has 120 valence electrons. The van der Waals surface area contributed by atoms with Crippen molar-refractivity contribution in [1.82, 2.24) is 9.78 Å². The first-order valence-electron chi connectivity index (χ1n) is 6.62. The third kappa shape index (κ3) is 2.68. The summed E-state index contributed by atoms with van der Waals surface area (Å²) >= 11 is 0. The number of hydrogen-bond acceptors (Lipinski definition) is 6. The molecule has 2 N–H and O–H groups in total. The van der Waals surface area contributed by atoms with Gasteiger partial charge in [-0.2, -0.15) is 5.10 Å². The Labute approximate surface area is 125 Å². The largest absolute Gasteiger partial charge is 0.384 e. The third-order valence-electron chi connectivity index (χ3n) is 4.25.